The van der Waals surface area contributed by atoms with E-state index in [1.165, 1.54) is 24.3 Å². The van der Waals surface area contributed by atoms with Crippen molar-refractivity contribution in [3.63, 3.8) is 0 Å². The first kappa shape index (κ1) is 7.24. The van der Waals surface area contributed by atoms with Gasteiger partial charge in [0.1, 0.15) is 5.69 Å². The third kappa shape index (κ3) is 1.77. The number of nitrogens with zero attached hydrogens (tertiary/aromatic N) is 4. The summed E-state index contributed by atoms with van der Waals surface area (Å²) in [4.78, 5) is 12.5. The van der Waals surface area contributed by atoms with E-state index in [-0.39, 0.29) is 0 Å². The van der Waals surface area contributed by atoms with Crippen LogP contribution in [0.2, 0.25) is 0 Å². The molecule has 54 valence electrons. The van der Waals surface area contributed by atoms with Crippen LogP contribution in [0.1, 0.15) is 0 Å². The molecule has 0 amide bonds. The Kier molecular flexibility index (Phi) is 2.20. The average molecular weight is 148 g/mol. The fraction of sp³-hybridized carbons (Fsp3) is 0. The molecule has 0 radical (unpaired) electrons. The van der Waals surface area contributed by atoms with Crippen LogP contribution >= 0.6 is 0 Å². The molecule has 1 aromatic carbocycles. The molecule has 0 saturated carbocycles. The first-order valence-electron chi connectivity index (χ1n) is 2.85. The Hall–Kier alpha value is -1.87. The van der Waals surface area contributed by atoms with Crippen molar-refractivity contribution in [3.8, 4) is 0 Å². The Morgan fingerprint density at radius 1 is 1.18 bits per heavy atom. The molecule has 1 aromatic rings. The molecule has 0 spiro atoms. The quantitative estimate of drug-likeness (QED) is 0.274. The Morgan fingerprint density at radius 2 is 1.73 bits per heavy atom. The highest BCUT2D eigenvalue weighted by molar-refractivity contribution is 5.46. The van der Waals surface area contributed by atoms with E-state index in [1.54, 1.807) is 0 Å². The molecule has 0 aliphatic carbocycles. The smallest absolute Gasteiger partial charge is 0.108 e. The van der Waals surface area contributed by atoms with Crippen LogP contribution in [0.3, 0.4) is 0 Å². The second-order valence-corrected chi connectivity index (χ2v) is 1.80. The van der Waals surface area contributed by atoms with Gasteiger partial charge in [0.2, 0.25) is 0 Å². The van der Waals surface area contributed by atoms with Crippen LogP contribution in [-0.4, -0.2) is 0 Å². The van der Waals surface area contributed by atoms with E-state index in [4.69, 9.17) is 5.53 Å². The van der Waals surface area contributed by atoms with Gasteiger partial charge >= 0.3 is 0 Å². The van der Waals surface area contributed by atoms with E-state index in [0.29, 0.717) is 11.4 Å². The van der Waals surface area contributed by atoms with Gasteiger partial charge in [-0.15, -0.1) is 4.91 Å². The third-order valence-corrected chi connectivity index (χ3v) is 1.12. The minimum absolute atomic E-state index is 0.321. The fourth-order valence-corrected chi connectivity index (χ4v) is 0.632. The van der Waals surface area contributed by atoms with Crippen LogP contribution in [0, 0.1) is 4.91 Å². The van der Waals surface area contributed by atoms with Crippen molar-refractivity contribution in [2.75, 3.05) is 0 Å². The third-order valence-electron chi connectivity index (χ3n) is 1.12. The molecule has 0 heterocycles. The van der Waals surface area contributed by atoms with Crippen molar-refractivity contribution in [2.24, 2.45) is 10.3 Å². The molecule has 5 heteroatoms. The summed E-state index contributed by atoms with van der Waals surface area (Å²) < 4.78 is 0. The van der Waals surface area contributed by atoms with Crippen LogP contribution < -0.4 is 0 Å². The zero-order valence-electron chi connectivity index (χ0n) is 5.51. The molecule has 5 nitrogen and oxygen atoms in total. The molecule has 1 rings (SSSR count). The van der Waals surface area contributed by atoms with Crippen molar-refractivity contribution >= 4 is 11.4 Å². The minimum Gasteiger partial charge on any atom is -0.145 e. The van der Waals surface area contributed by atoms with E-state index < -0.39 is 0 Å². The molecule has 0 fully saturated rings. The van der Waals surface area contributed by atoms with Crippen molar-refractivity contribution < 1.29 is 0 Å². The van der Waals surface area contributed by atoms with E-state index >= 15 is 0 Å². The van der Waals surface area contributed by atoms with Gasteiger partial charge in [0.05, 0.1) is 0 Å². The summed E-state index contributed by atoms with van der Waals surface area (Å²) in [6.45, 7) is 0. The monoisotopic (exact) mass is 148 g/mol. The van der Waals surface area contributed by atoms with Crippen LogP contribution in [0.25, 0.3) is 10.4 Å². The molecule has 0 atom stereocenters. The van der Waals surface area contributed by atoms with Gasteiger partial charge in [0.25, 0.3) is 0 Å². The molecule has 0 aliphatic rings. The molecular weight excluding hydrogens is 144 g/mol. The maximum Gasteiger partial charge on any atom is 0.108 e. The van der Waals surface area contributed by atoms with Crippen LogP contribution in [0.15, 0.2) is 34.6 Å². The summed E-state index contributed by atoms with van der Waals surface area (Å²) in [5.74, 6) is 0. The number of hydrogen-bond donors (Lipinski definition) is 0. The van der Waals surface area contributed by atoms with Gasteiger partial charge in [-0.2, -0.15) is 0 Å². The Balaban J connectivity index is 2.99. The summed E-state index contributed by atoms with van der Waals surface area (Å²) in [6.07, 6.45) is 0. The zero-order valence-corrected chi connectivity index (χ0v) is 5.51. The van der Waals surface area contributed by atoms with E-state index in [9.17, 15) is 4.91 Å². The number of nitroso groups, excluding NO2 is 1. The van der Waals surface area contributed by atoms with Crippen molar-refractivity contribution in [3.05, 3.63) is 39.6 Å². The Bertz CT molecular complexity index is 299. The van der Waals surface area contributed by atoms with Gasteiger partial charge in [-0.25, -0.2) is 0 Å². The summed E-state index contributed by atoms with van der Waals surface area (Å²) >= 11 is 0. The molecule has 11 heavy (non-hydrogen) atoms. The molecule has 0 aromatic heterocycles. The maximum atomic E-state index is 9.92. The lowest BCUT2D eigenvalue weighted by Gasteiger charge is -1.88. The van der Waals surface area contributed by atoms with Gasteiger partial charge in [0, 0.05) is 10.6 Å². The van der Waals surface area contributed by atoms with Crippen LogP contribution in [-0.2, 0) is 0 Å². The largest absolute Gasteiger partial charge is 0.145 e. The average Bonchev–Trinajstić information content (AvgIpc) is 2.07. The summed E-state index contributed by atoms with van der Waals surface area (Å²) in [7, 11) is 0. The van der Waals surface area contributed by atoms with Crippen molar-refractivity contribution in [1.82, 2.24) is 0 Å². The SMILES string of the molecule is [N-]=[N+]=Nc1ccc(N=O)cc1. The molecule has 0 aliphatic heterocycles. The lowest BCUT2D eigenvalue weighted by Crippen LogP contribution is -1.61. The van der Waals surface area contributed by atoms with Gasteiger partial charge < -0.3 is 0 Å². The summed E-state index contributed by atoms with van der Waals surface area (Å²) in [5, 5.41) is 6.01. The van der Waals surface area contributed by atoms with Gasteiger partial charge in [-0.3, -0.25) is 0 Å². The normalized spacial score (nSPS) is 8.36. The lowest BCUT2D eigenvalue weighted by molar-refractivity contribution is 1.44. The zero-order chi connectivity index (χ0) is 8.10. The molecular formula is C6H4N4O. The highest BCUT2D eigenvalue weighted by atomic mass is 16.3. The van der Waals surface area contributed by atoms with Crippen molar-refractivity contribution in [1.29, 1.82) is 0 Å². The van der Waals surface area contributed by atoms with Gasteiger partial charge in [-0.05, 0) is 22.8 Å². The fourth-order valence-electron chi connectivity index (χ4n) is 0.632. The highest BCUT2D eigenvalue weighted by Gasteiger charge is 1.89. The first-order chi connectivity index (χ1) is 5.36. The highest BCUT2D eigenvalue weighted by Crippen LogP contribution is 2.17. The van der Waals surface area contributed by atoms with Gasteiger partial charge in [-0.1, -0.05) is 17.2 Å². The number of benzene rings is 1. The van der Waals surface area contributed by atoms with Crippen LogP contribution in [0.4, 0.5) is 11.4 Å². The first-order valence-corrected chi connectivity index (χ1v) is 2.85. The van der Waals surface area contributed by atoms with E-state index in [0.717, 1.165) is 0 Å². The van der Waals surface area contributed by atoms with E-state index in [2.05, 4.69) is 15.2 Å². The minimum atomic E-state index is 0.321. The predicted molar refractivity (Wildman–Crippen MR) is 40.7 cm³/mol. The molecule has 0 unspecified atom stereocenters. The maximum absolute atomic E-state index is 9.92. The Labute approximate surface area is 62.3 Å². The second kappa shape index (κ2) is 3.34. The van der Waals surface area contributed by atoms with Crippen molar-refractivity contribution in [2.45, 2.75) is 0 Å². The Morgan fingerprint density at radius 3 is 2.18 bits per heavy atom. The topological polar surface area (TPSA) is 78.2 Å². The number of hydrogen-bond acceptors (Lipinski definition) is 3. The lowest BCUT2D eigenvalue weighted by atomic mass is 10.3. The number of rotatable bonds is 2. The predicted octanol–water partition coefficient (Wildman–Crippen LogP) is 3.03. The molecule has 0 N–H and O–H groups in total. The number of azide groups is 1. The second-order valence-electron chi connectivity index (χ2n) is 1.80. The molecule has 0 saturated heterocycles. The van der Waals surface area contributed by atoms with Crippen LogP contribution in [0.5, 0.6) is 0 Å². The summed E-state index contributed by atoms with van der Waals surface area (Å²) in [5.41, 5.74) is 8.81. The summed E-state index contributed by atoms with van der Waals surface area (Å²) in [6, 6.07) is 6.01. The van der Waals surface area contributed by atoms with Gasteiger partial charge in [0.15, 0.2) is 0 Å². The molecule has 0 bridgehead atoms. The standard InChI is InChI=1S/C6H4N4O/c7-10-8-5-1-3-6(9-11)4-2-5/h1-4H. The van der Waals surface area contributed by atoms with E-state index in [1.807, 2.05) is 0 Å².